The summed E-state index contributed by atoms with van der Waals surface area (Å²) < 4.78 is 5.56. The lowest BCUT2D eigenvalue weighted by Crippen LogP contribution is -2.39. The Kier molecular flexibility index (Phi) is 6.11. The molecule has 6 nitrogen and oxygen atoms in total. The molecule has 0 fully saturated rings. The number of aliphatic carboxylic acids is 1. The molecule has 1 unspecified atom stereocenters. The quantitative estimate of drug-likeness (QED) is 0.773. The standard InChI is InChI=1S/C20H22N2O4/c1-20(2,3)12-11-16(19(24)25)22-18(23)14-7-9-15(10-8-14)26-17-6-4-5-13-21-17/h4-13,16H,1-3H3,(H,22,23)(H,24,25)/b12-11+. The van der Waals surface area contributed by atoms with E-state index in [1.807, 2.05) is 20.8 Å². The third kappa shape index (κ3) is 6.05. The van der Waals surface area contributed by atoms with E-state index in [4.69, 9.17) is 4.74 Å². The van der Waals surface area contributed by atoms with E-state index in [1.54, 1.807) is 54.7 Å². The second kappa shape index (κ2) is 8.29. The predicted molar refractivity (Wildman–Crippen MR) is 98.2 cm³/mol. The molecule has 0 bridgehead atoms. The summed E-state index contributed by atoms with van der Waals surface area (Å²) in [6.45, 7) is 5.85. The zero-order valence-corrected chi connectivity index (χ0v) is 15.0. The van der Waals surface area contributed by atoms with Gasteiger partial charge in [0.2, 0.25) is 5.88 Å². The minimum atomic E-state index is -1.12. The van der Waals surface area contributed by atoms with Crippen LogP contribution in [0.1, 0.15) is 31.1 Å². The normalized spacial score (nSPS) is 12.6. The highest BCUT2D eigenvalue weighted by atomic mass is 16.5. The number of pyridine rings is 1. The van der Waals surface area contributed by atoms with Crippen molar-refractivity contribution in [3.05, 3.63) is 66.4 Å². The molecule has 26 heavy (non-hydrogen) atoms. The van der Waals surface area contributed by atoms with Crippen molar-refractivity contribution in [3.8, 4) is 11.6 Å². The van der Waals surface area contributed by atoms with Crippen molar-refractivity contribution >= 4 is 11.9 Å². The van der Waals surface area contributed by atoms with Crippen molar-refractivity contribution in [1.82, 2.24) is 10.3 Å². The van der Waals surface area contributed by atoms with Crippen molar-refractivity contribution < 1.29 is 19.4 Å². The molecule has 1 heterocycles. The first-order chi connectivity index (χ1) is 12.2. The average molecular weight is 354 g/mol. The highest BCUT2D eigenvalue weighted by Crippen LogP contribution is 2.19. The van der Waals surface area contributed by atoms with E-state index in [0.717, 1.165) is 0 Å². The van der Waals surface area contributed by atoms with Crippen molar-refractivity contribution in [2.75, 3.05) is 0 Å². The number of carbonyl (C=O) groups is 2. The second-order valence-corrected chi connectivity index (χ2v) is 6.81. The molecule has 2 N–H and O–H groups in total. The number of benzene rings is 1. The van der Waals surface area contributed by atoms with E-state index in [9.17, 15) is 14.7 Å². The first kappa shape index (κ1) is 19.2. The second-order valence-electron chi connectivity index (χ2n) is 6.81. The number of carboxylic acid groups (broad SMARTS) is 1. The Balaban J connectivity index is 2.04. The maximum Gasteiger partial charge on any atom is 0.330 e. The molecule has 0 aliphatic heterocycles. The van der Waals surface area contributed by atoms with Crippen LogP contribution in [0, 0.1) is 5.41 Å². The lowest BCUT2D eigenvalue weighted by molar-refractivity contribution is -0.137. The Bertz CT molecular complexity index is 778. The smallest absolute Gasteiger partial charge is 0.330 e. The number of hydrogen-bond acceptors (Lipinski definition) is 4. The summed E-state index contributed by atoms with van der Waals surface area (Å²) in [4.78, 5) is 27.7. The molecule has 0 aliphatic rings. The molecule has 0 spiro atoms. The van der Waals surface area contributed by atoms with Gasteiger partial charge in [0.05, 0.1) is 0 Å². The maximum atomic E-state index is 12.3. The lowest BCUT2D eigenvalue weighted by atomic mass is 9.95. The monoisotopic (exact) mass is 354 g/mol. The number of ether oxygens (including phenoxy) is 1. The van der Waals surface area contributed by atoms with Gasteiger partial charge >= 0.3 is 5.97 Å². The van der Waals surface area contributed by atoms with E-state index in [1.165, 1.54) is 6.08 Å². The van der Waals surface area contributed by atoms with Crippen LogP contribution in [0.3, 0.4) is 0 Å². The molecule has 2 rings (SSSR count). The van der Waals surface area contributed by atoms with Gasteiger partial charge in [-0.25, -0.2) is 9.78 Å². The third-order valence-electron chi connectivity index (χ3n) is 3.32. The fourth-order valence-electron chi connectivity index (χ4n) is 2.00. The van der Waals surface area contributed by atoms with E-state index in [0.29, 0.717) is 17.2 Å². The van der Waals surface area contributed by atoms with Crippen LogP contribution < -0.4 is 10.1 Å². The highest BCUT2D eigenvalue weighted by molar-refractivity contribution is 5.97. The number of nitrogens with one attached hydrogen (secondary N) is 1. The summed E-state index contributed by atoms with van der Waals surface area (Å²) in [6.07, 6.45) is 4.86. The summed E-state index contributed by atoms with van der Waals surface area (Å²) in [6, 6.07) is 10.6. The van der Waals surface area contributed by atoms with Gasteiger partial charge in [0.15, 0.2) is 0 Å². The summed E-state index contributed by atoms with van der Waals surface area (Å²) in [5.74, 6) is -0.611. The van der Waals surface area contributed by atoms with E-state index >= 15 is 0 Å². The molecule has 2 aromatic rings. The molecule has 0 radical (unpaired) electrons. The van der Waals surface area contributed by atoms with Crippen LogP contribution in [-0.4, -0.2) is 28.0 Å². The van der Waals surface area contributed by atoms with Gasteiger partial charge in [-0.1, -0.05) is 39.0 Å². The number of nitrogens with zero attached hydrogens (tertiary/aromatic N) is 1. The number of rotatable bonds is 6. The summed E-state index contributed by atoms with van der Waals surface area (Å²) in [5.41, 5.74) is 0.164. The Labute approximate surface area is 152 Å². The van der Waals surface area contributed by atoms with Gasteiger partial charge in [-0.3, -0.25) is 4.79 Å². The van der Waals surface area contributed by atoms with Gasteiger partial charge in [0.1, 0.15) is 11.8 Å². The zero-order chi connectivity index (χ0) is 19.2. The molecule has 0 saturated heterocycles. The first-order valence-corrected chi connectivity index (χ1v) is 8.16. The molecule has 136 valence electrons. The molecule has 1 atom stereocenters. The molecule has 1 amide bonds. The first-order valence-electron chi connectivity index (χ1n) is 8.16. The number of carbonyl (C=O) groups excluding carboxylic acids is 1. The number of hydrogen-bond donors (Lipinski definition) is 2. The fraction of sp³-hybridized carbons (Fsp3) is 0.250. The maximum absolute atomic E-state index is 12.3. The SMILES string of the molecule is CC(C)(C)/C=C/C(NC(=O)c1ccc(Oc2ccccn2)cc1)C(=O)O. The Morgan fingerprint density at radius 3 is 2.38 bits per heavy atom. The Morgan fingerprint density at radius 2 is 1.85 bits per heavy atom. The third-order valence-corrected chi connectivity index (χ3v) is 3.32. The predicted octanol–water partition coefficient (Wildman–Crippen LogP) is 3.66. The van der Waals surface area contributed by atoms with Gasteiger partial charge in [0, 0.05) is 17.8 Å². The highest BCUT2D eigenvalue weighted by Gasteiger charge is 2.19. The van der Waals surface area contributed by atoms with Crippen LogP contribution in [0.5, 0.6) is 11.6 Å². The van der Waals surface area contributed by atoms with Gasteiger partial charge in [-0.15, -0.1) is 0 Å². The van der Waals surface area contributed by atoms with Crippen LogP contribution in [0.25, 0.3) is 0 Å². The van der Waals surface area contributed by atoms with Crippen molar-refractivity contribution in [2.45, 2.75) is 26.8 Å². The van der Waals surface area contributed by atoms with Crippen LogP contribution >= 0.6 is 0 Å². The van der Waals surface area contributed by atoms with Crippen molar-refractivity contribution in [3.63, 3.8) is 0 Å². The molecular formula is C20H22N2O4. The summed E-state index contributed by atoms with van der Waals surface area (Å²) in [5, 5.41) is 11.8. The topological polar surface area (TPSA) is 88.5 Å². The van der Waals surface area contributed by atoms with Gasteiger partial charge in [-0.05, 0) is 35.7 Å². The Hall–Kier alpha value is -3.15. The molecule has 0 saturated carbocycles. The van der Waals surface area contributed by atoms with E-state index < -0.39 is 17.9 Å². The van der Waals surface area contributed by atoms with Crippen LogP contribution in [0.2, 0.25) is 0 Å². The van der Waals surface area contributed by atoms with Crippen LogP contribution in [0.4, 0.5) is 0 Å². The van der Waals surface area contributed by atoms with E-state index in [2.05, 4.69) is 10.3 Å². The van der Waals surface area contributed by atoms with Gasteiger partial charge < -0.3 is 15.2 Å². The molecule has 0 aliphatic carbocycles. The molecule has 1 aromatic carbocycles. The van der Waals surface area contributed by atoms with Crippen LogP contribution in [0.15, 0.2) is 60.8 Å². The van der Waals surface area contributed by atoms with Crippen LogP contribution in [-0.2, 0) is 4.79 Å². The average Bonchev–Trinajstić information content (AvgIpc) is 2.59. The zero-order valence-electron chi connectivity index (χ0n) is 15.0. The molecule has 6 heteroatoms. The minimum Gasteiger partial charge on any atom is -0.479 e. The molecule has 1 aromatic heterocycles. The summed E-state index contributed by atoms with van der Waals surface area (Å²) in [7, 11) is 0. The van der Waals surface area contributed by atoms with E-state index in [-0.39, 0.29) is 5.41 Å². The number of aromatic nitrogens is 1. The molecular weight excluding hydrogens is 332 g/mol. The number of carboxylic acids is 1. The van der Waals surface area contributed by atoms with Crippen molar-refractivity contribution in [1.29, 1.82) is 0 Å². The minimum absolute atomic E-state index is 0.178. The largest absolute Gasteiger partial charge is 0.479 e. The lowest BCUT2D eigenvalue weighted by Gasteiger charge is -2.15. The van der Waals surface area contributed by atoms with Gasteiger partial charge in [-0.2, -0.15) is 0 Å². The summed E-state index contributed by atoms with van der Waals surface area (Å²) >= 11 is 0. The Morgan fingerprint density at radius 1 is 1.15 bits per heavy atom. The number of allylic oxidation sites excluding steroid dienone is 1. The van der Waals surface area contributed by atoms with Gasteiger partial charge in [0.25, 0.3) is 5.91 Å². The number of amides is 1. The fourth-order valence-corrected chi connectivity index (χ4v) is 2.00. The van der Waals surface area contributed by atoms with Crippen molar-refractivity contribution in [2.24, 2.45) is 5.41 Å².